The van der Waals surface area contributed by atoms with Crippen LogP contribution in [0.3, 0.4) is 0 Å². The maximum atomic E-state index is 6.27. The standard InChI is InChI=1S/C17H26N2O/c1-16(2)13-7-8-17(16,3)14(9-13)20-11-12-5-6-15(18-4)19-10-12/h5-6,10,13-14H,7-9,11H2,1-4H3,(H,18,19). The largest absolute Gasteiger partial charge is 0.373 e. The Morgan fingerprint density at radius 3 is 2.65 bits per heavy atom. The number of fused-ring (bicyclic) bond motifs is 2. The van der Waals surface area contributed by atoms with Crippen molar-refractivity contribution in [2.45, 2.75) is 52.7 Å². The summed E-state index contributed by atoms with van der Waals surface area (Å²) in [5, 5.41) is 3.04. The third-order valence-electron chi connectivity index (χ3n) is 6.25. The second-order valence-corrected chi connectivity index (χ2v) is 7.21. The number of nitrogens with one attached hydrogen (secondary N) is 1. The molecule has 1 heterocycles. The molecule has 2 bridgehead atoms. The summed E-state index contributed by atoms with van der Waals surface area (Å²) in [6.07, 6.45) is 6.23. The van der Waals surface area contributed by atoms with Crippen LogP contribution >= 0.6 is 0 Å². The molecule has 110 valence electrons. The van der Waals surface area contributed by atoms with Gasteiger partial charge in [0.1, 0.15) is 5.82 Å². The highest BCUT2D eigenvalue weighted by molar-refractivity contribution is 5.34. The van der Waals surface area contributed by atoms with E-state index in [4.69, 9.17) is 4.74 Å². The summed E-state index contributed by atoms with van der Waals surface area (Å²) in [5.41, 5.74) is 1.93. The highest BCUT2D eigenvalue weighted by Crippen LogP contribution is 2.66. The molecule has 2 aliphatic rings. The van der Waals surface area contributed by atoms with Crippen LogP contribution in [0, 0.1) is 16.7 Å². The molecular formula is C17H26N2O. The molecular weight excluding hydrogens is 248 g/mol. The molecule has 0 spiro atoms. The Labute approximate surface area is 122 Å². The smallest absolute Gasteiger partial charge is 0.125 e. The van der Waals surface area contributed by atoms with Gasteiger partial charge in [0.05, 0.1) is 12.7 Å². The van der Waals surface area contributed by atoms with Gasteiger partial charge in [0.15, 0.2) is 0 Å². The number of anilines is 1. The fraction of sp³-hybridized carbons (Fsp3) is 0.706. The summed E-state index contributed by atoms with van der Waals surface area (Å²) in [4.78, 5) is 4.35. The summed E-state index contributed by atoms with van der Waals surface area (Å²) < 4.78 is 6.27. The van der Waals surface area contributed by atoms with Crippen molar-refractivity contribution in [3.63, 3.8) is 0 Å². The maximum Gasteiger partial charge on any atom is 0.125 e. The Balaban J connectivity index is 1.65. The molecule has 20 heavy (non-hydrogen) atoms. The van der Waals surface area contributed by atoms with Crippen LogP contribution in [0.4, 0.5) is 5.82 Å². The predicted molar refractivity (Wildman–Crippen MR) is 81.6 cm³/mol. The zero-order valence-corrected chi connectivity index (χ0v) is 13.1. The maximum absolute atomic E-state index is 6.27. The van der Waals surface area contributed by atoms with Gasteiger partial charge in [-0.15, -0.1) is 0 Å². The van der Waals surface area contributed by atoms with Crippen molar-refractivity contribution in [1.82, 2.24) is 4.98 Å². The zero-order valence-electron chi connectivity index (χ0n) is 13.1. The van der Waals surface area contributed by atoms with Crippen molar-refractivity contribution in [3.05, 3.63) is 23.9 Å². The molecule has 3 atom stereocenters. The van der Waals surface area contributed by atoms with Gasteiger partial charge in [-0.05, 0) is 47.6 Å². The Morgan fingerprint density at radius 1 is 1.35 bits per heavy atom. The van der Waals surface area contributed by atoms with Gasteiger partial charge in [0, 0.05) is 13.2 Å². The quantitative estimate of drug-likeness (QED) is 0.905. The predicted octanol–water partition coefficient (Wildman–Crippen LogP) is 3.85. The van der Waals surface area contributed by atoms with Crippen molar-refractivity contribution in [2.75, 3.05) is 12.4 Å². The number of pyridine rings is 1. The van der Waals surface area contributed by atoms with E-state index in [9.17, 15) is 0 Å². The first kappa shape index (κ1) is 13.9. The molecule has 0 aliphatic heterocycles. The van der Waals surface area contributed by atoms with E-state index < -0.39 is 0 Å². The van der Waals surface area contributed by atoms with Gasteiger partial charge in [-0.25, -0.2) is 4.98 Å². The summed E-state index contributed by atoms with van der Waals surface area (Å²) in [6, 6.07) is 4.10. The molecule has 1 aromatic rings. The lowest BCUT2D eigenvalue weighted by atomic mass is 9.70. The van der Waals surface area contributed by atoms with Gasteiger partial charge in [-0.2, -0.15) is 0 Å². The SMILES string of the molecule is CNc1ccc(COC2CC3CCC2(C)C3(C)C)cn1. The van der Waals surface area contributed by atoms with Gasteiger partial charge < -0.3 is 10.1 Å². The van der Waals surface area contributed by atoms with E-state index >= 15 is 0 Å². The molecule has 0 radical (unpaired) electrons. The normalized spacial score (nSPS) is 34.4. The first-order valence-corrected chi connectivity index (χ1v) is 7.71. The van der Waals surface area contributed by atoms with Crippen molar-refractivity contribution < 1.29 is 4.74 Å². The molecule has 3 heteroatoms. The van der Waals surface area contributed by atoms with E-state index in [-0.39, 0.29) is 0 Å². The Bertz CT molecular complexity index is 482. The van der Waals surface area contributed by atoms with Gasteiger partial charge in [0.25, 0.3) is 0 Å². The highest BCUT2D eigenvalue weighted by atomic mass is 16.5. The van der Waals surface area contributed by atoms with Crippen LogP contribution in [0.15, 0.2) is 18.3 Å². The first-order chi connectivity index (χ1) is 9.47. The number of aromatic nitrogens is 1. The zero-order chi connectivity index (χ0) is 14.4. The molecule has 2 aliphatic carbocycles. The highest BCUT2D eigenvalue weighted by Gasteiger charge is 2.61. The minimum absolute atomic E-state index is 0.343. The molecule has 2 fully saturated rings. The Hall–Kier alpha value is -1.09. The van der Waals surface area contributed by atoms with Crippen LogP contribution in [0.5, 0.6) is 0 Å². The van der Waals surface area contributed by atoms with Crippen molar-refractivity contribution >= 4 is 5.82 Å². The van der Waals surface area contributed by atoms with Gasteiger partial charge in [-0.1, -0.05) is 26.8 Å². The van der Waals surface area contributed by atoms with Crippen molar-refractivity contribution in [1.29, 1.82) is 0 Å². The Morgan fingerprint density at radius 2 is 2.15 bits per heavy atom. The average Bonchev–Trinajstić information content (AvgIpc) is 2.78. The monoisotopic (exact) mass is 274 g/mol. The number of hydrogen-bond donors (Lipinski definition) is 1. The van der Waals surface area contributed by atoms with Crippen LogP contribution in [0.1, 0.15) is 45.6 Å². The minimum atomic E-state index is 0.343. The van der Waals surface area contributed by atoms with Gasteiger partial charge >= 0.3 is 0 Å². The van der Waals surface area contributed by atoms with E-state index in [1.54, 1.807) is 0 Å². The summed E-state index contributed by atoms with van der Waals surface area (Å²) in [6.45, 7) is 7.96. The number of ether oxygens (including phenoxy) is 1. The Kier molecular flexibility index (Phi) is 3.28. The third-order valence-corrected chi connectivity index (χ3v) is 6.25. The van der Waals surface area contributed by atoms with Crippen LogP contribution in [0.25, 0.3) is 0 Å². The van der Waals surface area contributed by atoms with Crippen LogP contribution in [-0.2, 0) is 11.3 Å². The van der Waals surface area contributed by atoms with E-state index in [1.807, 2.05) is 19.3 Å². The van der Waals surface area contributed by atoms with E-state index in [2.05, 4.69) is 37.1 Å². The fourth-order valence-electron chi connectivity index (χ4n) is 4.24. The van der Waals surface area contributed by atoms with E-state index in [0.29, 0.717) is 23.5 Å². The van der Waals surface area contributed by atoms with Gasteiger partial charge in [0.2, 0.25) is 0 Å². The molecule has 0 aromatic carbocycles. The molecule has 0 amide bonds. The number of nitrogens with zero attached hydrogens (tertiary/aromatic N) is 1. The van der Waals surface area contributed by atoms with E-state index in [1.165, 1.54) is 19.3 Å². The molecule has 0 saturated heterocycles. The number of hydrogen-bond acceptors (Lipinski definition) is 3. The topological polar surface area (TPSA) is 34.1 Å². The lowest BCUT2D eigenvalue weighted by Gasteiger charge is -2.38. The third kappa shape index (κ3) is 1.95. The summed E-state index contributed by atoms with van der Waals surface area (Å²) in [7, 11) is 1.89. The van der Waals surface area contributed by atoms with E-state index in [0.717, 1.165) is 17.3 Å². The molecule has 3 rings (SSSR count). The molecule has 1 aromatic heterocycles. The lowest BCUT2D eigenvalue weighted by Crippen LogP contribution is -2.37. The molecule has 2 saturated carbocycles. The second-order valence-electron chi connectivity index (χ2n) is 7.21. The number of rotatable bonds is 4. The second kappa shape index (κ2) is 4.73. The fourth-order valence-corrected chi connectivity index (χ4v) is 4.24. The van der Waals surface area contributed by atoms with Crippen LogP contribution in [-0.4, -0.2) is 18.1 Å². The van der Waals surface area contributed by atoms with Crippen LogP contribution < -0.4 is 5.32 Å². The minimum Gasteiger partial charge on any atom is -0.373 e. The van der Waals surface area contributed by atoms with Crippen molar-refractivity contribution in [2.24, 2.45) is 16.7 Å². The molecule has 3 nitrogen and oxygen atoms in total. The molecule has 3 unspecified atom stereocenters. The van der Waals surface area contributed by atoms with Crippen molar-refractivity contribution in [3.8, 4) is 0 Å². The molecule has 1 N–H and O–H groups in total. The summed E-state index contributed by atoms with van der Waals surface area (Å²) >= 11 is 0. The van der Waals surface area contributed by atoms with Crippen LogP contribution in [0.2, 0.25) is 0 Å². The first-order valence-electron chi connectivity index (χ1n) is 7.71. The average molecular weight is 274 g/mol. The lowest BCUT2D eigenvalue weighted by molar-refractivity contribution is -0.0551. The van der Waals surface area contributed by atoms with Gasteiger partial charge in [-0.3, -0.25) is 0 Å². The summed E-state index contributed by atoms with van der Waals surface area (Å²) in [5.74, 6) is 1.74.